The predicted octanol–water partition coefficient (Wildman–Crippen LogP) is 5.09. The maximum atomic E-state index is 4.73. The second kappa shape index (κ2) is 4.98. The lowest BCUT2D eigenvalue weighted by Crippen LogP contribution is -1.80. The molecule has 0 radical (unpaired) electrons. The molecule has 0 saturated carbocycles. The molecule has 0 aliphatic rings. The number of aromatic nitrogens is 1. The maximum Gasteiger partial charge on any atom is 0.124 e. The summed E-state index contributed by atoms with van der Waals surface area (Å²) < 4.78 is 0. The van der Waals surface area contributed by atoms with E-state index < -0.39 is 0 Å². The van der Waals surface area contributed by atoms with Crippen LogP contribution in [-0.4, -0.2) is 4.98 Å². The van der Waals surface area contributed by atoms with E-state index in [9.17, 15) is 0 Å². The second-order valence-corrected chi connectivity index (χ2v) is 5.63. The largest absolute Gasteiger partial charge is 0.236 e. The molecule has 0 fully saturated rings. The van der Waals surface area contributed by atoms with Crippen molar-refractivity contribution in [3.8, 4) is 21.8 Å². The van der Waals surface area contributed by atoms with Gasteiger partial charge in [-0.2, -0.15) is 0 Å². The van der Waals surface area contributed by atoms with Crippen LogP contribution in [0.2, 0.25) is 0 Å². The molecule has 0 saturated heterocycles. The normalized spacial score (nSPS) is 10.6. The number of benzene rings is 2. The highest BCUT2D eigenvalue weighted by atomic mass is 32.1. The lowest BCUT2D eigenvalue weighted by atomic mass is 10.1. The van der Waals surface area contributed by atoms with Crippen LogP contribution in [0.5, 0.6) is 0 Å². The van der Waals surface area contributed by atoms with Crippen LogP contribution < -0.4 is 0 Å². The van der Waals surface area contributed by atoms with E-state index in [-0.39, 0.29) is 0 Å². The van der Waals surface area contributed by atoms with Crippen molar-refractivity contribution >= 4 is 11.3 Å². The summed E-state index contributed by atoms with van der Waals surface area (Å²) in [4.78, 5) is 4.73. The van der Waals surface area contributed by atoms with Gasteiger partial charge in [-0.05, 0) is 13.8 Å². The number of hydrogen-bond acceptors (Lipinski definition) is 2. The molecule has 0 amide bonds. The molecule has 3 rings (SSSR count). The topological polar surface area (TPSA) is 12.9 Å². The van der Waals surface area contributed by atoms with Crippen LogP contribution in [0, 0.1) is 13.8 Å². The predicted molar refractivity (Wildman–Crippen MR) is 82.5 cm³/mol. The molecule has 0 aliphatic heterocycles. The van der Waals surface area contributed by atoms with E-state index in [0.717, 1.165) is 10.7 Å². The molecule has 19 heavy (non-hydrogen) atoms. The number of nitrogens with zero attached hydrogens (tertiary/aromatic N) is 1. The Labute approximate surface area is 117 Å². The average molecular weight is 265 g/mol. The first-order valence-corrected chi connectivity index (χ1v) is 7.20. The highest BCUT2D eigenvalue weighted by molar-refractivity contribution is 7.13. The average Bonchev–Trinajstić information content (AvgIpc) is 2.90. The summed E-state index contributed by atoms with van der Waals surface area (Å²) in [5.41, 5.74) is 5.98. The fraction of sp³-hybridized carbons (Fsp3) is 0.118. The van der Waals surface area contributed by atoms with Gasteiger partial charge in [-0.3, -0.25) is 0 Å². The molecule has 1 nitrogen and oxygen atoms in total. The first-order chi connectivity index (χ1) is 9.22. The Balaban J connectivity index is 1.95. The molecule has 0 unspecified atom stereocenters. The molecule has 3 aromatic rings. The fourth-order valence-electron chi connectivity index (χ4n) is 1.96. The maximum absolute atomic E-state index is 4.73. The lowest BCUT2D eigenvalue weighted by molar-refractivity contribution is 1.38. The minimum absolute atomic E-state index is 1.06. The zero-order valence-corrected chi connectivity index (χ0v) is 11.9. The van der Waals surface area contributed by atoms with Gasteiger partial charge in [0, 0.05) is 16.5 Å². The lowest BCUT2D eigenvalue weighted by Gasteiger charge is -1.98. The molecule has 0 N–H and O–H groups in total. The smallest absolute Gasteiger partial charge is 0.124 e. The Morgan fingerprint density at radius 2 is 1.26 bits per heavy atom. The Hall–Kier alpha value is -1.93. The van der Waals surface area contributed by atoms with Crippen molar-refractivity contribution < 1.29 is 0 Å². The summed E-state index contributed by atoms with van der Waals surface area (Å²) in [6.45, 7) is 4.20. The molecule has 0 bridgehead atoms. The molecule has 0 atom stereocenters. The van der Waals surface area contributed by atoms with Gasteiger partial charge >= 0.3 is 0 Å². The molecule has 0 aliphatic carbocycles. The number of rotatable bonds is 2. The van der Waals surface area contributed by atoms with E-state index in [1.54, 1.807) is 11.3 Å². The third kappa shape index (κ3) is 2.59. The molecule has 2 heteroatoms. The molecular formula is C17H15NS. The van der Waals surface area contributed by atoms with Gasteiger partial charge in [-0.1, -0.05) is 59.7 Å². The first kappa shape index (κ1) is 12.1. The van der Waals surface area contributed by atoms with Crippen LogP contribution in [0.15, 0.2) is 53.9 Å². The van der Waals surface area contributed by atoms with Crippen LogP contribution in [0.4, 0.5) is 0 Å². The van der Waals surface area contributed by atoms with E-state index in [1.165, 1.54) is 22.3 Å². The Kier molecular flexibility index (Phi) is 3.18. The van der Waals surface area contributed by atoms with Gasteiger partial charge in [0.2, 0.25) is 0 Å². The summed E-state index contributed by atoms with van der Waals surface area (Å²) in [5.74, 6) is 0. The van der Waals surface area contributed by atoms with E-state index in [1.807, 2.05) is 0 Å². The Bertz CT molecular complexity index is 618. The summed E-state index contributed by atoms with van der Waals surface area (Å²) >= 11 is 1.70. The van der Waals surface area contributed by atoms with E-state index in [2.05, 4.69) is 67.8 Å². The van der Waals surface area contributed by atoms with Crippen molar-refractivity contribution in [1.82, 2.24) is 4.98 Å². The van der Waals surface area contributed by atoms with Gasteiger partial charge in [0.25, 0.3) is 0 Å². The van der Waals surface area contributed by atoms with Crippen molar-refractivity contribution in [1.29, 1.82) is 0 Å². The minimum Gasteiger partial charge on any atom is -0.236 e. The molecule has 0 spiro atoms. The summed E-state index contributed by atoms with van der Waals surface area (Å²) in [6, 6.07) is 17.0. The number of thiazole rings is 1. The van der Waals surface area contributed by atoms with Crippen molar-refractivity contribution in [2.24, 2.45) is 0 Å². The third-order valence-corrected chi connectivity index (χ3v) is 4.04. The first-order valence-electron chi connectivity index (χ1n) is 6.32. The third-order valence-electron chi connectivity index (χ3n) is 3.15. The van der Waals surface area contributed by atoms with E-state index >= 15 is 0 Å². The zero-order valence-electron chi connectivity index (χ0n) is 11.1. The highest BCUT2D eigenvalue weighted by Crippen LogP contribution is 2.29. The standard InChI is InChI=1S/C17H15NS/c1-12-3-7-14(8-4-12)16-11-19-17(18-16)15-9-5-13(2)6-10-15/h3-11H,1-2H3. The van der Waals surface area contributed by atoms with Crippen molar-refractivity contribution in [2.45, 2.75) is 13.8 Å². The highest BCUT2D eigenvalue weighted by Gasteiger charge is 2.06. The van der Waals surface area contributed by atoms with Crippen LogP contribution in [0.3, 0.4) is 0 Å². The Morgan fingerprint density at radius 1 is 0.737 bits per heavy atom. The van der Waals surface area contributed by atoms with Crippen molar-refractivity contribution in [2.75, 3.05) is 0 Å². The molecule has 2 aromatic carbocycles. The van der Waals surface area contributed by atoms with Crippen LogP contribution in [-0.2, 0) is 0 Å². The van der Waals surface area contributed by atoms with Crippen LogP contribution >= 0.6 is 11.3 Å². The molecule has 1 heterocycles. The van der Waals surface area contributed by atoms with Gasteiger partial charge in [-0.15, -0.1) is 11.3 Å². The fourth-order valence-corrected chi connectivity index (χ4v) is 2.79. The molecule has 1 aromatic heterocycles. The SMILES string of the molecule is Cc1ccc(-c2csc(-c3ccc(C)cc3)n2)cc1. The minimum atomic E-state index is 1.06. The van der Waals surface area contributed by atoms with Gasteiger partial charge in [0.1, 0.15) is 5.01 Å². The quantitative estimate of drug-likeness (QED) is 0.628. The van der Waals surface area contributed by atoms with Gasteiger partial charge in [0.15, 0.2) is 0 Å². The monoisotopic (exact) mass is 265 g/mol. The number of hydrogen-bond donors (Lipinski definition) is 0. The van der Waals surface area contributed by atoms with Gasteiger partial charge in [0.05, 0.1) is 5.69 Å². The van der Waals surface area contributed by atoms with Crippen LogP contribution in [0.1, 0.15) is 11.1 Å². The van der Waals surface area contributed by atoms with Gasteiger partial charge < -0.3 is 0 Å². The van der Waals surface area contributed by atoms with E-state index in [0.29, 0.717) is 0 Å². The van der Waals surface area contributed by atoms with Crippen molar-refractivity contribution in [3.05, 3.63) is 65.0 Å². The summed E-state index contributed by atoms with van der Waals surface area (Å²) in [5, 5.41) is 3.20. The summed E-state index contributed by atoms with van der Waals surface area (Å²) in [7, 11) is 0. The van der Waals surface area contributed by atoms with Gasteiger partial charge in [-0.25, -0.2) is 4.98 Å². The molecule has 94 valence electrons. The Morgan fingerprint density at radius 3 is 1.84 bits per heavy atom. The summed E-state index contributed by atoms with van der Waals surface area (Å²) in [6.07, 6.45) is 0. The van der Waals surface area contributed by atoms with Crippen molar-refractivity contribution in [3.63, 3.8) is 0 Å². The number of aryl methyl sites for hydroxylation is 2. The zero-order chi connectivity index (χ0) is 13.2. The second-order valence-electron chi connectivity index (χ2n) is 4.77. The molecular weight excluding hydrogens is 250 g/mol. The van der Waals surface area contributed by atoms with Crippen LogP contribution in [0.25, 0.3) is 21.8 Å². The van der Waals surface area contributed by atoms with E-state index in [4.69, 9.17) is 4.98 Å².